The molecule has 0 saturated heterocycles. The van der Waals surface area contributed by atoms with Crippen molar-refractivity contribution < 1.29 is 13.5 Å². The summed E-state index contributed by atoms with van der Waals surface area (Å²) in [5.74, 6) is -0.818. The van der Waals surface area contributed by atoms with E-state index in [9.17, 15) is 8.78 Å². The summed E-state index contributed by atoms with van der Waals surface area (Å²) in [5, 5.41) is 4.33. The summed E-state index contributed by atoms with van der Waals surface area (Å²) in [6.45, 7) is 9.93. The Hall–Kier alpha value is -3.15. The predicted molar refractivity (Wildman–Crippen MR) is 106 cm³/mol. The Morgan fingerprint density at radius 2 is 1.89 bits per heavy atom. The monoisotopic (exact) mass is 383 g/mol. The van der Waals surface area contributed by atoms with Crippen molar-refractivity contribution in [2.24, 2.45) is 7.05 Å². The Morgan fingerprint density at radius 1 is 1.21 bits per heavy atom. The van der Waals surface area contributed by atoms with Crippen molar-refractivity contribution in [1.82, 2.24) is 14.7 Å². The number of halogens is 2. The second-order valence-corrected chi connectivity index (χ2v) is 6.79. The molecule has 0 fully saturated rings. The fraction of sp³-hybridized carbons (Fsp3) is 0.227. The average molecular weight is 383 g/mol. The Bertz CT molecular complexity index is 991. The lowest BCUT2D eigenvalue weighted by molar-refractivity contribution is 0.190. The molecule has 0 bridgehead atoms. The molecular formula is C22H23F2N3O. The van der Waals surface area contributed by atoms with Crippen LogP contribution in [-0.4, -0.2) is 14.7 Å². The third-order valence-electron chi connectivity index (χ3n) is 4.70. The minimum Gasteiger partial charge on any atom is -0.487 e. The summed E-state index contributed by atoms with van der Waals surface area (Å²) in [7, 11) is 1.89. The standard InChI is InChI=1S/C22H23F2N3O/c1-14(2)22(17-12-25-26(5)15(17)3)27-11-7-10-21(16(27)4)28-13-18-19(23)8-6-9-20(18)24/h6-12H,4,13H2,1-3,5H3. The number of nitrogens with zero attached hydrogens (tertiary/aromatic N) is 3. The molecule has 2 heterocycles. The van der Waals surface area contributed by atoms with Crippen LogP contribution in [0.4, 0.5) is 8.78 Å². The molecule has 28 heavy (non-hydrogen) atoms. The van der Waals surface area contributed by atoms with Gasteiger partial charge in [0.2, 0.25) is 0 Å². The van der Waals surface area contributed by atoms with Crippen LogP contribution >= 0.6 is 0 Å². The zero-order valence-electron chi connectivity index (χ0n) is 16.5. The van der Waals surface area contributed by atoms with Gasteiger partial charge in [0.05, 0.1) is 23.2 Å². The van der Waals surface area contributed by atoms with Crippen molar-refractivity contribution in [3.8, 4) is 0 Å². The summed E-state index contributed by atoms with van der Waals surface area (Å²) in [6.07, 6.45) is 7.24. The van der Waals surface area contributed by atoms with Gasteiger partial charge in [0.15, 0.2) is 0 Å². The lowest BCUT2D eigenvalue weighted by atomic mass is 10.1. The van der Waals surface area contributed by atoms with Crippen LogP contribution in [0.15, 0.2) is 66.4 Å². The zero-order valence-corrected chi connectivity index (χ0v) is 16.5. The van der Waals surface area contributed by atoms with Gasteiger partial charge >= 0.3 is 0 Å². The first-order chi connectivity index (χ1) is 13.3. The lowest BCUT2D eigenvalue weighted by Crippen LogP contribution is -2.20. The van der Waals surface area contributed by atoms with Gasteiger partial charge in [-0.05, 0) is 45.1 Å². The summed E-state index contributed by atoms with van der Waals surface area (Å²) in [5.41, 5.74) is 4.49. The summed E-state index contributed by atoms with van der Waals surface area (Å²) >= 11 is 0. The van der Waals surface area contributed by atoms with E-state index in [-0.39, 0.29) is 12.2 Å². The minimum atomic E-state index is -0.634. The van der Waals surface area contributed by atoms with Crippen molar-refractivity contribution in [2.75, 3.05) is 0 Å². The van der Waals surface area contributed by atoms with Gasteiger partial charge in [-0.3, -0.25) is 4.68 Å². The number of aryl methyl sites for hydroxylation is 1. The van der Waals surface area contributed by atoms with Crippen LogP contribution in [-0.2, 0) is 18.4 Å². The average Bonchev–Trinajstić information content (AvgIpc) is 2.96. The molecule has 4 nitrogen and oxygen atoms in total. The van der Waals surface area contributed by atoms with Gasteiger partial charge in [0.25, 0.3) is 0 Å². The Morgan fingerprint density at radius 3 is 2.46 bits per heavy atom. The van der Waals surface area contributed by atoms with Crippen LogP contribution in [0, 0.1) is 18.6 Å². The third kappa shape index (κ3) is 3.63. The molecule has 0 N–H and O–H groups in total. The van der Waals surface area contributed by atoms with Crippen LogP contribution in [0.5, 0.6) is 0 Å². The molecule has 0 unspecified atom stereocenters. The highest BCUT2D eigenvalue weighted by Crippen LogP contribution is 2.33. The number of aromatic nitrogens is 2. The molecular weight excluding hydrogens is 360 g/mol. The molecule has 1 aromatic carbocycles. The summed E-state index contributed by atoms with van der Waals surface area (Å²) in [6, 6.07) is 3.75. The highest BCUT2D eigenvalue weighted by Gasteiger charge is 2.23. The van der Waals surface area contributed by atoms with E-state index in [0.717, 1.165) is 22.5 Å². The molecule has 0 radical (unpaired) electrons. The summed E-state index contributed by atoms with van der Waals surface area (Å²) in [4.78, 5) is 1.91. The number of allylic oxidation sites excluding steroid dienone is 3. The van der Waals surface area contributed by atoms with E-state index in [1.807, 2.05) is 55.9 Å². The largest absolute Gasteiger partial charge is 0.487 e. The van der Waals surface area contributed by atoms with E-state index in [0.29, 0.717) is 11.5 Å². The van der Waals surface area contributed by atoms with E-state index in [2.05, 4.69) is 11.7 Å². The molecule has 1 aromatic heterocycles. The van der Waals surface area contributed by atoms with E-state index in [1.165, 1.54) is 18.2 Å². The van der Waals surface area contributed by atoms with Gasteiger partial charge in [-0.15, -0.1) is 0 Å². The minimum absolute atomic E-state index is 0.108. The Labute approximate surface area is 163 Å². The molecule has 0 saturated carbocycles. The third-order valence-corrected chi connectivity index (χ3v) is 4.70. The van der Waals surface area contributed by atoms with Crippen molar-refractivity contribution >= 4 is 5.70 Å². The molecule has 146 valence electrons. The Balaban J connectivity index is 1.86. The molecule has 0 aliphatic carbocycles. The first-order valence-corrected chi connectivity index (χ1v) is 8.90. The highest BCUT2D eigenvalue weighted by atomic mass is 19.1. The number of ether oxygens (including phenoxy) is 1. The fourth-order valence-corrected chi connectivity index (χ4v) is 3.05. The van der Waals surface area contributed by atoms with Gasteiger partial charge in [-0.1, -0.05) is 18.2 Å². The van der Waals surface area contributed by atoms with Crippen LogP contribution < -0.4 is 0 Å². The van der Waals surface area contributed by atoms with Crippen LogP contribution in [0.25, 0.3) is 5.70 Å². The molecule has 6 heteroatoms. The van der Waals surface area contributed by atoms with E-state index in [4.69, 9.17) is 4.74 Å². The number of hydrogen-bond acceptors (Lipinski definition) is 3. The molecule has 1 aliphatic heterocycles. The second kappa shape index (κ2) is 7.84. The first-order valence-electron chi connectivity index (χ1n) is 8.90. The van der Waals surface area contributed by atoms with Crippen LogP contribution in [0.1, 0.15) is 30.7 Å². The van der Waals surface area contributed by atoms with Crippen molar-refractivity contribution in [3.05, 3.63) is 94.8 Å². The lowest BCUT2D eigenvalue weighted by Gasteiger charge is -2.30. The Kier molecular flexibility index (Phi) is 5.49. The van der Waals surface area contributed by atoms with Gasteiger partial charge < -0.3 is 9.64 Å². The predicted octanol–water partition coefficient (Wildman–Crippen LogP) is 5.20. The smallest absolute Gasteiger partial charge is 0.143 e. The van der Waals surface area contributed by atoms with Gasteiger partial charge in [0.1, 0.15) is 24.0 Å². The van der Waals surface area contributed by atoms with E-state index in [1.54, 1.807) is 6.08 Å². The second-order valence-electron chi connectivity index (χ2n) is 6.79. The molecule has 0 amide bonds. The van der Waals surface area contributed by atoms with Crippen molar-refractivity contribution in [1.29, 1.82) is 0 Å². The fourth-order valence-electron chi connectivity index (χ4n) is 3.05. The SMILES string of the molecule is C=C1C(OCc2c(F)cccc2F)=CC=CN1C(=C(C)C)c1cnn(C)c1C. The number of benzene rings is 1. The van der Waals surface area contributed by atoms with Crippen molar-refractivity contribution in [2.45, 2.75) is 27.4 Å². The van der Waals surface area contributed by atoms with Crippen LogP contribution in [0.3, 0.4) is 0 Å². The van der Waals surface area contributed by atoms with Gasteiger partial charge in [0, 0.05) is 24.5 Å². The first kappa shape index (κ1) is 19.6. The normalized spacial score (nSPS) is 13.6. The maximum atomic E-state index is 13.9. The highest BCUT2D eigenvalue weighted by molar-refractivity contribution is 5.71. The molecule has 3 rings (SSSR count). The maximum absolute atomic E-state index is 13.9. The molecule has 0 spiro atoms. The van der Waals surface area contributed by atoms with Gasteiger partial charge in [-0.25, -0.2) is 8.78 Å². The quantitative estimate of drug-likeness (QED) is 0.711. The van der Waals surface area contributed by atoms with Gasteiger partial charge in [-0.2, -0.15) is 5.10 Å². The van der Waals surface area contributed by atoms with E-state index >= 15 is 0 Å². The van der Waals surface area contributed by atoms with E-state index < -0.39 is 11.6 Å². The molecule has 1 aliphatic rings. The van der Waals surface area contributed by atoms with Crippen LogP contribution in [0.2, 0.25) is 0 Å². The maximum Gasteiger partial charge on any atom is 0.143 e. The zero-order chi connectivity index (χ0) is 20.4. The summed E-state index contributed by atoms with van der Waals surface area (Å²) < 4.78 is 35.3. The number of hydrogen-bond donors (Lipinski definition) is 0. The molecule has 2 aromatic rings. The number of rotatable bonds is 5. The van der Waals surface area contributed by atoms with Crippen molar-refractivity contribution in [3.63, 3.8) is 0 Å². The molecule has 0 atom stereocenters. The topological polar surface area (TPSA) is 30.3 Å².